The number of nitrogens with one attached hydrogen (secondary N) is 1. The van der Waals surface area contributed by atoms with Gasteiger partial charge < -0.3 is 9.72 Å². The Balaban J connectivity index is 1.85. The number of carbonyl (C=O) groups excluding carboxylic acids is 1. The summed E-state index contributed by atoms with van der Waals surface area (Å²) in [5.74, 6) is 0.938. The Labute approximate surface area is 131 Å². The molecule has 0 saturated carbocycles. The number of ether oxygens (including phenoxy) is 1. The lowest BCUT2D eigenvalue weighted by molar-refractivity contribution is 0.101. The first-order valence-corrected chi connectivity index (χ1v) is 7.74. The second-order valence-electron chi connectivity index (χ2n) is 5.84. The van der Waals surface area contributed by atoms with Gasteiger partial charge in [-0.05, 0) is 56.6 Å². The Morgan fingerprint density at radius 3 is 2.95 bits per heavy atom. The third kappa shape index (κ3) is 2.92. The molecule has 0 aliphatic carbocycles. The van der Waals surface area contributed by atoms with Gasteiger partial charge in [0.15, 0.2) is 5.78 Å². The van der Waals surface area contributed by atoms with Crippen LogP contribution >= 0.6 is 0 Å². The summed E-state index contributed by atoms with van der Waals surface area (Å²) < 4.78 is 5.47. The van der Waals surface area contributed by atoms with Crippen LogP contribution in [0, 0.1) is 0 Å². The zero-order valence-corrected chi connectivity index (χ0v) is 13.1. The quantitative estimate of drug-likeness (QED) is 0.858. The van der Waals surface area contributed by atoms with Crippen LogP contribution in [-0.2, 0) is 6.54 Å². The van der Waals surface area contributed by atoms with Crippen molar-refractivity contribution in [3.63, 3.8) is 0 Å². The highest BCUT2D eigenvalue weighted by Gasteiger charge is 2.27. The number of hydrogen-bond acceptors (Lipinski definition) is 3. The molecule has 0 amide bonds. The number of ketones is 1. The molecule has 4 heteroatoms. The Hall–Kier alpha value is -2.07. The smallest absolute Gasteiger partial charge is 0.159 e. The number of H-pyrrole nitrogens is 1. The first-order valence-electron chi connectivity index (χ1n) is 7.74. The van der Waals surface area contributed by atoms with Crippen LogP contribution in [0.4, 0.5) is 0 Å². The number of aromatic nitrogens is 1. The highest BCUT2D eigenvalue weighted by molar-refractivity contribution is 5.94. The van der Waals surface area contributed by atoms with E-state index in [-0.39, 0.29) is 5.78 Å². The summed E-state index contributed by atoms with van der Waals surface area (Å²) in [5, 5.41) is 0. The van der Waals surface area contributed by atoms with Gasteiger partial charge in [-0.3, -0.25) is 9.69 Å². The van der Waals surface area contributed by atoms with Crippen LogP contribution in [0.1, 0.15) is 47.4 Å². The first kappa shape index (κ1) is 14.9. The van der Waals surface area contributed by atoms with E-state index in [1.807, 2.05) is 30.5 Å². The largest absolute Gasteiger partial charge is 0.496 e. The zero-order chi connectivity index (χ0) is 15.5. The van der Waals surface area contributed by atoms with E-state index in [0.29, 0.717) is 6.04 Å². The summed E-state index contributed by atoms with van der Waals surface area (Å²) in [5.41, 5.74) is 3.08. The second-order valence-corrected chi connectivity index (χ2v) is 5.84. The van der Waals surface area contributed by atoms with Gasteiger partial charge >= 0.3 is 0 Å². The first-order chi connectivity index (χ1) is 10.7. The third-order valence-corrected chi connectivity index (χ3v) is 4.41. The summed E-state index contributed by atoms with van der Waals surface area (Å²) in [4.78, 5) is 17.4. The molecule has 22 heavy (non-hydrogen) atoms. The minimum atomic E-state index is 0.0891. The predicted octanol–water partition coefficient (Wildman–Crippen LogP) is 3.56. The molecule has 1 unspecified atom stereocenters. The molecule has 1 atom stereocenters. The molecule has 1 fully saturated rings. The van der Waals surface area contributed by atoms with Gasteiger partial charge in [-0.2, -0.15) is 0 Å². The summed E-state index contributed by atoms with van der Waals surface area (Å²) in [6.45, 7) is 3.47. The maximum Gasteiger partial charge on any atom is 0.159 e. The van der Waals surface area contributed by atoms with Gasteiger partial charge in [0.25, 0.3) is 0 Å². The molecule has 1 aromatic heterocycles. The van der Waals surface area contributed by atoms with Gasteiger partial charge in [0.1, 0.15) is 5.75 Å². The van der Waals surface area contributed by atoms with Gasteiger partial charge in [-0.1, -0.05) is 0 Å². The fourth-order valence-electron chi connectivity index (χ4n) is 3.26. The van der Waals surface area contributed by atoms with Crippen molar-refractivity contribution < 1.29 is 9.53 Å². The Kier molecular flexibility index (Phi) is 4.29. The molecule has 1 saturated heterocycles. The van der Waals surface area contributed by atoms with Crippen LogP contribution in [0.25, 0.3) is 0 Å². The molecule has 1 aliphatic heterocycles. The van der Waals surface area contributed by atoms with Crippen LogP contribution in [0.5, 0.6) is 5.75 Å². The normalized spacial score (nSPS) is 18.5. The number of aromatic amines is 1. The molecular weight excluding hydrogens is 276 g/mol. The molecule has 0 spiro atoms. The van der Waals surface area contributed by atoms with Gasteiger partial charge in [0.2, 0.25) is 0 Å². The molecule has 0 bridgehead atoms. The maximum atomic E-state index is 11.6. The van der Waals surface area contributed by atoms with E-state index in [4.69, 9.17) is 4.74 Å². The van der Waals surface area contributed by atoms with Crippen molar-refractivity contribution in [3.05, 3.63) is 53.3 Å². The van der Waals surface area contributed by atoms with Crippen molar-refractivity contribution in [2.24, 2.45) is 0 Å². The lowest BCUT2D eigenvalue weighted by Gasteiger charge is -2.24. The Bertz CT molecular complexity index is 649. The lowest BCUT2D eigenvalue weighted by atomic mass is 10.1. The van der Waals surface area contributed by atoms with E-state index < -0.39 is 0 Å². The van der Waals surface area contributed by atoms with Crippen LogP contribution in [0.3, 0.4) is 0 Å². The predicted molar refractivity (Wildman–Crippen MR) is 86.2 cm³/mol. The number of rotatable bonds is 5. The van der Waals surface area contributed by atoms with Crippen molar-refractivity contribution in [2.45, 2.75) is 32.4 Å². The highest BCUT2D eigenvalue weighted by Crippen LogP contribution is 2.34. The van der Waals surface area contributed by atoms with Crippen molar-refractivity contribution in [2.75, 3.05) is 13.7 Å². The van der Waals surface area contributed by atoms with Gasteiger partial charge in [0, 0.05) is 29.6 Å². The second kappa shape index (κ2) is 6.36. The van der Waals surface area contributed by atoms with Crippen LogP contribution in [0.15, 0.2) is 36.5 Å². The van der Waals surface area contributed by atoms with E-state index in [0.717, 1.165) is 36.4 Å². The average Bonchev–Trinajstić information content (AvgIpc) is 3.17. The lowest BCUT2D eigenvalue weighted by Crippen LogP contribution is -2.23. The average molecular weight is 298 g/mol. The Morgan fingerprint density at radius 1 is 1.41 bits per heavy atom. The van der Waals surface area contributed by atoms with Crippen LogP contribution in [-0.4, -0.2) is 29.3 Å². The topological polar surface area (TPSA) is 45.3 Å². The minimum Gasteiger partial charge on any atom is -0.496 e. The molecule has 4 nitrogen and oxygen atoms in total. The van der Waals surface area contributed by atoms with Crippen molar-refractivity contribution >= 4 is 5.78 Å². The summed E-state index contributed by atoms with van der Waals surface area (Å²) >= 11 is 0. The molecule has 1 aromatic carbocycles. The molecule has 0 radical (unpaired) electrons. The third-order valence-electron chi connectivity index (χ3n) is 4.41. The highest BCUT2D eigenvalue weighted by atomic mass is 16.5. The summed E-state index contributed by atoms with van der Waals surface area (Å²) in [7, 11) is 1.68. The van der Waals surface area contributed by atoms with E-state index in [9.17, 15) is 4.79 Å². The Morgan fingerprint density at radius 2 is 2.27 bits per heavy atom. The van der Waals surface area contributed by atoms with Gasteiger partial charge in [0.05, 0.1) is 13.2 Å². The zero-order valence-electron chi connectivity index (χ0n) is 13.1. The van der Waals surface area contributed by atoms with Crippen molar-refractivity contribution in [3.8, 4) is 5.75 Å². The number of nitrogens with zero attached hydrogens (tertiary/aromatic N) is 1. The fourth-order valence-corrected chi connectivity index (χ4v) is 3.26. The molecule has 2 aromatic rings. The van der Waals surface area contributed by atoms with Gasteiger partial charge in [-0.15, -0.1) is 0 Å². The SMILES string of the molecule is COc1ccc(C(C)=O)cc1CN1CCCC1c1ccc[nH]1. The monoisotopic (exact) mass is 298 g/mol. The summed E-state index contributed by atoms with van der Waals surface area (Å²) in [6, 6.07) is 10.3. The number of likely N-dealkylation sites (tertiary alicyclic amines) is 1. The molecule has 116 valence electrons. The number of Topliss-reactive ketones (excluding diaryl/α,β-unsaturated/α-hetero) is 1. The maximum absolute atomic E-state index is 11.6. The van der Waals surface area contributed by atoms with E-state index in [1.165, 1.54) is 12.1 Å². The number of hydrogen-bond donors (Lipinski definition) is 1. The number of methoxy groups -OCH3 is 1. The van der Waals surface area contributed by atoms with E-state index >= 15 is 0 Å². The molecule has 3 rings (SSSR count). The van der Waals surface area contributed by atoms with E-state index in [2.05, 4.69) is 16.0 Å². The standard InChI is InChI=1S/C18H22N2O2/c1-13(21)14-7-8-18(22-2)15(11-14)12-20-10-4-6-17(20)16-5-3-9-19-16/h3,5,7-9,11,17,19H,4,6,10,12H2,1-2H3. The minimum absolute atomic E-state index is 0.0891. The summed E-state index contributed by atoms with van der Waals surface area (Å²) in [6.07, 6.45) is 4.33. The molecule has 1 aliphatic rings. The van der Waals surface area contributed by atoms with Crippen molar-refractivity contribution in [1.29, 1.82) is 0 Å². The molecular formula is C18H22N2O2. The van der Waals surface area contributed by atoms with Gasteiger partial charge in [-0.25, -0.2) is 0 Å². The van der Waals surface area contributed by atoms with E-state index in [1.54, 1.807) is 14.0 Å². The van der Waals surface area contributed by atoms with Crippen molar-refractivity contribution in [1.82, 2.24) is 9.88 Å². The number of carbonyl (C=O) groups is 1. The fraction of sp³-hybridized carbons (Fsp3) is 0.389. The van der Waals surface area contributed by atoms with Crippen LogP contribution in [0.2, 0.25) is 0 Å². The molecule has 1 N–H and O–H groups in total. The number of benzene rings is 1. The van der Waals surface area contributed by atoms with Crippen LogP contribution < -0.4 is 4.74 Å². The molecule has 2 heterocycles.